The Balaban J connectivity index is 1.87. The minimum Gasteiger partial charge on any atom is -0.507 e. The van der Waals surface area contributed by atoms with Gasteiger partial charge in [0.25, 0.3) is 0 Å². The molecule has 0 aliphatic rings. The van der Waals surface area contributed by atoms with Crippen LogP contribution in [-0.2, 0) is 0 Å². The minimum atomic E-state index is -0.301. The number of furan rings is 1. The maximum Gasteiger partial charge on any atom is 0.189 e. The Morgan fingerprint density at radius 1 is 1.08 bits per heavy atom. The summed E-state index contributed by atoms with van der Waals surface area (Å²) < 4.78 is 15.6. The number of benzene rings is 2. The third-order valence-electron chi connectivity index (χ3n) is 3.67. The number of hydrogen-bond acceptors (Lipinski definition) is 5. The normalized spacial score (nSPS) is 11.1. The van der Waals surface area contributed by atoms with Crippen LogP contribution in [0.2, 0.25) is 0 Å². The number of aromatic hydroxyl groups is 1. The Bertz CT molecular complexity index is 921. The van der Waals surface area contributed by atoms with Crippen molar-refractivity contribution in [3.8, 4) is 17.2 Å². The van der Waals surface area contributed by atoms with Crippen LogP contribution >= 0.6 is 0 Å². The molecule has 1 N–H and O–H groups in total. The van der Waals surface area contributed by atoms with E-state index < -0.39 is 0 Å². The molecule has 0 spiro atoms. The highest BCUT2D eigenvalue weighted by molar-refractivity contribution is 6.10. The molecular formula is C19H16O5. The molecule has 3 rings (SSSR count). The number of hydrogen-bond donors (Lipinski definition) is 1. The van der Waals surface area contributed by atoms with Crippen LogP contribution in [0.5, 0.6) is 17.2 Å². The van der Waals surface area contributed by atoms with Crippen LogP contribution < -0.4 is 9.47 Å². The molecule has 0 radical (unpaired) electrons. The molecule has 0 aliphatic carbocycles. The van der Waals surface area contributed by atoms with Crippen LogP contribution in [0, 0.1) is 0 Å². The van der Waals surface area contributed by atoms with E-state index in [9.17, 15) is 9.90 Å². The molecular weight excluding hydrogens is 308 g/mol. The molecule has 24 heavy (non-hydrogen) atoms. The second-order valence-electron chi connectivity index (χ2n) is 5.14. The first-order chi connectivity index (χ1) is 11.6. The number of rotatable bonds is 5. The van der Waals surface area contributed by atoms with Crippen LogP contribution in [0.3, 0.4) is 0 Å². The van der Waals surface area contributed by atoms with E-state index in [2.05, 4.69) is 0 Å². The summed E-state index contributed by atoms with van der Waals surface area (Å²) >= 11 is 0. The topological polar surface area (TPSA) is 68.9 Å². The lowest BCUT2D eigenvalue weighted by molar-refractivity contribution is 0.104. The number of ketones is 1. The van der Waals surface area contributed by atoms with E-state index in [-0.39, 0.29) is 17.1 Å². The van der Waals surface area contributed by atoms with Crippen molar-refractivity contribution in [2.45, 2.75) is 0 Å². The number of phenols is 1. The molecule has 122 valence electrons. The first kappa shape index (κ1) is 15.7. The fraction of sp³-hybridized carbons (Fsp3) is 0.105. The Labute approximate surface area is 138 Å². The summed E-state index contributed by atoms with van der Waals surface area (Å²) in [4.78, 5) is 12.3. The van der Waals surface area contributed by atoms with Crippen molar-refractivity contribution in [1.82, 2.24) is 0 Å². The number of allylic oxidation sites excluding steroid dienone is 1. The van der Waals surface area contributed by atoms with Crippen molar-refractivity contribution in [3.05, 3.63) is 59.9 Å². The summed E-state index contributed by atoms with van der Waals surface area (Å²) in [6.07, 6.45) is 4.57. The molecule has 5 heteroatoms. The zero-order valence-corrected chi connectivity index (χ0v) is 13.3. The van der Waals surface area contributed by atoms with E-state index in [0.29, 0.717) is 17.1 Å². The molecule has 0 unspecified atom stereocenters. The third-order valence-corrected chi connectivity index (χ3v) is 3.67. The van der Waals surface area contributed by atoms with E-state index in [1.165, 1.54) is 18.4 Å². The zero-order chi connectivity index (χ0) is 17.1. The summed E-state index contributed by atoms with van der Waals surface area (Å²) in [5.41, 5.74) is 1.54. The number of fused-ring (bicyclic) bond motifs is 1. The van der Waals surface area contributed by atoms with Gasteiger partial charge in [0.15, 0.2) is 17.3 Å². The molecule has 5 nitrogen and oxygen atoms in total. The fourth-order valence-electron chi connectivity index (χ4n) is 2.41. The van der Waals surface area contributed by atoms with Crippen LogP contribution in [0.15, 0.2) is 53.2 Å². The molecule has 1 aromatic heterocycles. The van der Waals surface area contributed by atoms with Gasteiger partial charge in [-0.2, -0.15) is 0 Å². The number of carbonyl (C=O) groups is 1. The van der Waals surface area contributed by atoms with Gasteiger partial charge in [0.05, 0.1) is 26.0 Å². The molecule has 0 atom stereocenters. The maximum atomic E-state index is 12.3. The molecule has 0 saturated heterocycles. The van der Waals surface area contributed by atoms with Gasteiger partial charge in [-0.3, -0.25) is 4.79 Å². The Morgan fingerprint density at radius 3 is 2.62 bits per heavy atom. The fourth-order valence-corrected chi connectivity index (χ4v) is 2.41. The average molecular weight is 324 g/mol. The van der Waals surface area contributed by atoms with Gasteiger partial charge in [-0.1, -0.05) is 12.1 Å². The van der Waals surface area contributed by atoms with Gasteiger partial charge in [0, 0.05) is 11.5 Å². The SMILES string of the molecule is COc1ccc(/C=C/C(=O)c2cc3ccoc3cc2O)cc1OC. The van der Waals surface area contributed by atoms with E-state index >= 15 is 0 Å². The summed E-state index contributed by atoms with van der Waals surface area (Å²) in [6, 6.07) is 10.1. The van der Waals surface area contributed by atoms with Crippen molar-refractivity contribution < 1.29 is 23.8 Å². The van der Waals surface area contributed by atoms with Gasteiger partial charge in [-0.05, 0) is 35.9 Å². The summed E-state index contributed by atoms with van der Waals surface area (Å²) in [5.74, 6) is 0.781. The quantitative estimate of drug-likeness (QED) is 0.566. The molecule has 0 fully saturated rings. The highest BCUT2D eigenvalue weighted by Gasteiger charge is 2.11. The number of phenolic OH excluding ortho intramolecular Hbond substituents is 1. The van der Waals surface area contributed by atoms with Crippen LogP contribution in [0.4, 0.5) is 0 Å². The first-order valence-corrected chi connectivity index (χ1v) is 7.27. The lowest BCUT2D eigenvalue weighted by atomic mass is 10.1. The van der Waals surface area contributed by atoms with Gasteiger partial charge in [-0.25, -0.2) is 0 Å². The van der Waals surface area contributed by atoms with Gasteiger partial charge in [0.1, 0.15) is 11.3 Å². The van der Waals surface area contributed by atoms with Crippen LogP contribution in [0.1, 0.15) is 15.9 Å². The molecule has 0 amide bonds. The monoisotopic (exact) mass is 324 g/mol. The number of methoxy groups -OCH3 is 2. The van der Waals surface area contributed by atoms with Gasteiger partial charge >= 0.3 is 0 Å². The van der Waals surface area contributed by atoms with Crippen molar-refractivity contribution in [2.24, 2.45) is 0 Å². The zero-order valence-electron chi connectivity index (χ0n) is 13.3. The van der Waals surface area contributed by atoms with E-state index in [1.54, 1.807) is 44.6 Å². The molecule has 3 aromatic rings. The third kappa shape index (κ3) is 2.96. The van der Waals surface area contributed by atoms with E-state index in [4.69, 9.17) is 13.9 Å². The first-order valence-electron chi connectivity index (χ1n) is 7.27. The maximum absolute atomic E-state index is 12.3. The van der Waals surface area contributed by atoms with Crippen LogP contribution in [0.25, 0.3) is 17.0 Å². The summed E-state index contributed by atoms with van der Waals surface area (Å²) in [5, 5.41) is 10.8. The summed E-state index contributed by atoms with van der Waals surface area (Å²) in [6.45, 7) is 0. The van der Waals surface area contributed by atoms with Gasteiger partial charge in [-0.15, -0.1) is 0 Å². The van der Waals surface area contributed by atoms with Gasteiger partial charge in [0.2, 0.25) is 0 Å². The second-order valence-corrected chi connectivity index (χ2v) is 5.14. The smallest absolute Gasteiger partial charge is 0.189 e. The standard InChI is InChI=1S/C19H16O5/c1-22-17-6-4-12(9-19(17)23-2)3-5-15(20)14-10-13-7-8-24-18(13)11-16(14)21/h3-11,21H,1-2H3/b5-3+. The van der Waals surface area contributed by atoms with Crippen molar-refractivity contribution >= 4 is 22.8 Å². The average Bonchev–Trinajstić information content (AvgIpc) is 3.05. The highest BCUT2D eigenvalue weighted by atomic mass is 16.5. The van der Waals surface area contributed by atoms with Crippen molar-refractivity contribution in [3.63, 3.8) is 0 Å². The van der Waals surface area contributed by atoms with Crippen molar-refractivity contribution in [1.29, 1.82) is 0 Å². The molecule has 0 saturated carbocycles. The second kappa shape index (κ2) is 6.50. The van der Waals surface area contributed by atoms with Gasteiger partial charge < -0.3 is 19.0 Å². The lowest BCUT2D eigenvalue weighted by Gasteiger charge is -2.07. The summed E-state index contributed by atoms with van der Waals surface area (Å²) in [7, 11) is 3.11. The molecule has 0 aliphatic heterocycles. The Kier molecular flexibility index (Phi) is 4.24. The molecule has 1 heterocycles. The predicted molar refractivity (Wildman–Crippen MR) is 90.8 cm³/mol. The minimum absolute atomic E-state index is 0.112. The molecule has 2 aromatic carbocycles. The predicted octanol–water partition coefficient (Wildman–Crippen LogP) is 4.05. The highest BCUT2D eigenvalue weighted by Crippen LogP contribution is 2.29. The lowest BCUT2D eigenvalue weighted by Crippen LogP contribution is -1.95. The van der Waals surface area contributed by atoms with Crippen LogP contribution in [-0.4, -0.2) is 25.1 Å². The number of ether oxygens (including phenoxy) is 2. The van der Waals surface area contributed by atoms with E-state index in [0.717, 1.165) is 10.9 Å². The molecule has 0 bridgehead atoms. The largest absolute Gasteiger partial charge is 0.507 e. The Hall–Kier alpha value is -3.21. The van der Waals surface area contributed by atoms with Crippen molar-refractivity contribution in [2.75, 3.05) is 14.2 Å². The number of carbonyl (C=O) groups excluding carboxylic acids is 1. The van der Waals surface area contributed by atoms with E-state index in [1.807, 2.05) is 6.07 Å². The Morgan fingerprint density at radius 2 is 1.88 bits per heavy atom.